The molecule has 1 N–H and O–H groups in total. The molecule has 6 heteroatoms. The molecule has 1 atom stereocenters. The standard InChI is InChI=1S/C15H19FN2O3/c1-21-15(20)13-6-3-8-18(13)9-7-14(19)17-12-5-2-4-11(16)10-12/h2,4-5,10,13H,3,6-9H2,1H3,(H,17,19). The lowest BCUT2D eigenvalue weighted by Gasteiger charge is -2.21. The molecule has 0 aliphatic carbocycles. The molecule has 1 aromatic rings. The van der Waals surface area contributed by atoms with E-state index in [1.54, 1.807) is 12.1 Å². The van der Waals surface area contributed by atoms with E-state index in [2.05, 4.69) is 5.32 Å². The molecule has 1 amide bonds. The van der Waals surface area contributed by atoms with Crippen molar-refractivity contribution in [3.8, 4) is 0 Å². The zero-order valence-electron chi connectivity index (χ0n) is 12.0. The Labute approximate surface area is 123 Å². The van der Waals surface area contributed by atoms with Crippen LogP contribution in [0.3, 0.4) is 0 Å². The fourth-order valence-corrected chi connectivity index (χ4v) is 2.53. The van der Waals surface area contributed by atoms with Gasteiger partial charge in [0.15, 0.2) is 0 Å². The lowest BCUT2D eigenvalue weighted by molar-refractivity contribution is -0.146. The van der Waals surface area contributed by atoms with E-state index in [1.165, 1.54) is 19.2 Å². The van der Waals surface area contributed by atoms with Crippen molar-refractivity contribution in [3.63, 3.8) is 0 Å². The van der Waals surface area contributed by atoms with Crippen molar-refractivity contribution in [3.05, 3.63) is 30.1 Å². The van der Waals surface area contributed by atoms with Gasteiger partial charge in [-0.2, -0.15) is 0 Å². The van der Waals surface area contributed by atoms with Gasteiger partial charge in [-0.25, -0.2) is 4.39 Å². The molecular weight excluding hydrogens is 275 g/mol. The number of methoxy groups -OCH3 is 1. The molecule has 0 aromatic heterocycles. The van der Waals surface area contributed by atoms with Gasteiger partial charge < -0.3 is 10.1 Å². The lowest BCUT2D eigenvalue weighted by atomic mass is 10.2. The third kappa shape index (κ3) is 4.26. The maximum Gasteiger partial charge on any atom is 0.323 e. The Bertz CT molecular complexity index is 521. The van der Waals surface area contributed by atoms with Crippen LogP contribution in [-0.2, 0) is 14.3 Å². The highest BCUT2D eigenvalue weighted by Gasteiger charge is 2.31. The number of rotatable bonds is 5. The molecule has 1 aromatic carbocycles. The molecule has 1 unspecified atom stereocenters. The predicted octanol–water partition coefficient (Wildman–Crippen LogP) is 1.79. The monoisotopic (exact) mass is 294 g/mol. The molecule has 1 heterocycles. The highest BCUT2D eigenvalue weighted by Crippen LogP contribution is 2.18. The number of carbonyl (C=O) groups is 2. The number of anilines is 1. The fraction of sp³-hybridized carbons (Fsp3) is 0.467. The number of halogens is 1. The molecule has 1 aliphatic rings. The normalized spacial score (nSPS) is 18.5. The van der Waals surface area contributed by atoms with Crippen LogP contribution >= 0.6 is 0 Å². The molecular formula is C15H19FN2O3. The highest BCUT2D eigenvalue weighted by molar-refractivity contribution is 5.90. The summed E-state index contributed by atoms with van der Waals surface area (Å²) < 4.78 is 17.8. The molecule has 0 saturated carbocycles. The van der Waals surface area contributed by atoms with E-state index in [1.807, 2.05) is 4.90 Å². The predicted molar refractivity (Wildman–Crippen MR) is 76.3 cm³/mol. The first-order chi connectivity index (χ1) is 10.1. The Morgan fingerprint density at radius 3 is 3.00 bits per heavy atom. The van der Waals surface area contributed by atoms with Crippen molar-refractivity contribution in [1.29, 1.82) is 0 Å². The number of esters is 1. The van der Waals surface area contributed by atoms with Gasteiger partial charge in [0.1, 0.15) is 11.9 Å². The average Bonchev–Trinajstić information content (AvgIpc) is 2.92. The molecule has 21 heavy (non-hydrogen) atoms. The molecule has 0 radical (unpaired) electrons. The minimum atomic E-state index is -0.391. The van der Waals surface area contributed by atoms with Crippen LogP contribution in [0, 0.1) is 5.82 Å². The molecule has 0 bridgehead atoms. The van der Waals surface area contributed by atoms with Gasteiger partial charge in [0.25, 0.3) is 0 Å². The van der Waals surface area contributed by atoms with Gasteiger partial charge in [0, 0.05) is 18.7 Å². The Hall–Kier alpha value is -1.95. The van der Waals surface area contributed by atoms with Gasteiger partial charge >= 0.3 is 5.97 Å². The van der Waals surface area contributed by atoms with Crippen LogP contribution in [0.4, 0.5) is 10.1 Å². The van der Waals surface area contributed by atoms with E-state index >= 15 is 0 Å². The van der Waals surface area contributed by atoms with Crippen LogP contribution in [0.2, 0.25) is 0 Å². The summed E-state index contributed by atoms with van der Waals surface area (Å²) in [6, 6.07) is 5.51. The number of likely N-dealkylation sites (tertiary alicyclic amines) is 1. The third-order valence-electron chi connectivity index (χ3n) is 3.57. The van der Waals surface area contributed by atoms with Crippen LogP contribution in [0.1, 0.15) is 19.3 Å². The quantitative estimate of drug-likeness (QED) is 0.841. The number of nitrogens with one attached hydrogen (secondary N) is 1. The van der Waals surface area contributed by atoms with E-state index in [4.69, 9.17) is 4.74 Å². The average molecular weight is 294 g/mol. The molecule has 5 nitrogen and oxygen atoms in total. The van der Waals surface area contributed by atoms with Gasteiger partial charge in [0.2, 0.25) is 5.91 Å². The maximum absolute atomic E-state index is 13.0. The van der Waals surface area contributed by atoms with E-state index in [0.717, 1.165) is 19.4 Å². The number of carbonyl (C=O) groups excluding carboxylic acids is 2. The zero-order valence-corrected chi connectivity index (χ0v) is 12.0. The van der Waals surface area contributed by atoms with Crippen molar-refractivity contribution in [2.24, 2.45) is 0 Å². The molecule has 1 aliphatic heterocycles. The number of ether oxygens (including phenoxy) is 1. The third-order valence-corrected chi connectivity index (χ3v) is 3.57. The fourth-order valence-electron chi connectivity index (χ4n) is 2.53. The molecule has 114 valence electrons. The first kappa shape index (κ1) is 15.4. The second-order valence-electron chi connectivity index (χ2n) is 5.03. The van der Waals surface area contributed by atoms with Crippen molar-refractivity contribution >= 4 is 17.6 Å². The van der Waals surface area contributed by atoms with Gasteiger partial charge in [0.05, 0.1) is 7.11 Å². The second-order valence-corrected chi connectivity index (χ2v) is 5.03. The summed E-state index contributed by atoms with van der Waals surface area (Å²) in [5, 5.41) is 2.64. The van der Waals surface area contributed by atoms with Crippen LogP contribution in [0.15, 0.2) is 24.3 Å². The van der Waals surface area contributed by atoms with E-state index in [-0.39, 0.29) is 24.3 Å². The number of nitrogens with zero attached hydrogens (tertiary/aromatic N) is 1. The largest absolute Gasteiger partial charge is 0.468 e. The highest BCUT2D eigenvalue weighted by atomic mass is 19.1. The van der Waals surface area contributed by atoms with Gasteiger partial charge in [-0.1, -0.05) is 6.07 Å². The first-order valence-electron chi connectivity index (χ1n) is 6.97. The Kier molecular flexibility index (Phi) is 5.27. The number of benzene rings is 1. The smallest absolute Gasteiger partial charge is 0.323 e. The van der Waals surface area contributed by atoms with Gasteiger partial charge in [-0.3, -0.25) is 14.5 Å². The topological polar surface area (TPSA) is 58.6 Å². The van der Waals surface area contributed by atoms with Crippen LogP contribution < -0.4 is 5.32 Å². The maximum atomic E-state index is 13.0. The van der Waals surface area contributed by atoms with Crippen LogP contribution in [0.5, 0.6) is 0 Å². The summed E-state index contributed by atoms with van der Waals surface area (Å²) in [4.78, 5) is 25.4. The first-order valence-corrected chi connectivity index (χ1v) is 6.97. The summed E-state index contributed by atoms with van der Waals surface area (Å²) in [5.41, 5.74) is 0.436. The van der Waals surface area contributed by atoms with Crippen molar-refractivity contribution in [1.82, 2.24) is 4.90 Å². The summed E-state index contributed by atoms with van der Waals surface area (Å²) >= 11 is 0. The number of hydrogen-bond donors (Lipinski definition) is 1. The molecule has 2 rings (SSSR count). The van der Waals surface area contributed by atoms with E-state index in [9.17, 15) is 14.0 Å². The second kappa shape index (κ2) is 7.17. The van der Waals surface area contributed by atoms with Crippen LogP contribution in [0.25, 0.3) is 0 Å². The summed E-state index contributed by atoms with van der Waals surface area (Å²) in [6.07, 6.45) is 1.94. The minimum Gasteiger partial charge on any atom is -0.468 e. The van der Waals surface area contributed by atoms with Crippen molar-refractivity contribution < 1.29 is 18.7 Å². The van der Waals surface area contributed by atoms with E-state index in [0.29, 0.717) is 12.2 Å². The number of amides is 1. The van der Waals surface area contributed by atoms with Crippen molar-refractivity contribution in [2.75, 3.05) is 25.5 Å². The SMILES string of the molecule is COC(=O)C1CCCN1CCC(=O)Nc1cccc(F)c1. The van der Waals surface area contributed by atoms with Crippen LogP contribution in [-0.4, -0.2) is 43.0 Å². The molecule has 0 spiro atoms. The van der Waals surface area contributed by atoms with Gasteiger partial charge in [-0.05, 0) is 37.6 Å². The Morgan fingerprint density at radius 1 is 1.48 bits per heavy atom. The molecule has 1 saturated heterocycles. The lowest BCUT2D eigenvalue weighted by Crippen LogP contribution is -2.38. The Balaban J connectivity index is 1.82. The summed E-state index contributed by atoms with van der Waals surface area (Å²) in [5.74, 6) is -0.841. The minimum absolute atomic E-state index is 0.198. The molecule has 1 fully saturated rings. The summed E-state index contributed by atoms with van der Waals surface area (Å²) in [7, 11) is 1.37. The van der Waals surface area contributed by atoms with Gasteiger partial charge in [-0.15, -0.1) is 0 Å². The number of hydrogen-bond acceptors (Lipinski definition) is 4. The Morgan fingerprint density at radius 2 is 2.29 bits per heavy atom. The van der Waals surface area contributed by atoms with Crippen molar-refractivity contribution in [2.45, 2.75) is 25.3 Å². The zero-order chi connectivity index (χ0) is 15.2. The van der Waals surface area contributed by atoms with E-state index < -0.39 is 5.82 Å². The summed E-state index contributed by atoms with van der Waals surface area (Å²) in [6.45, 7) is 1.27.